The zero-order chi connectivity index (χ0) is 24.2. The molecule has 5 aromatic heterocycles. The molecule has 2 aliphatic rings. The first-order chi connectivity index (χ1) is 17.6. The molecule has 7 rings (SSSR count). The predicted octanol–water partition coefficient (Wildman–Crippen LogP) is 2.38. The van der Waals surface area contributed by atoms with Crippen molar-refractivity contribution in [1.82, 2.24) is 35.1 Å². The molecule has 1 saturated heterocycles. The van der Waals surface area contributed by atoms with Crippen LogP contribution in [0.2, 0.25) is 0 Å². The molecule has 0 aromatic carbocycles. The van der Waals surface area contributed by atoms with E-state index in [0.29, 0.717) is 17.9 Å². The minimum Gasteiger partial charge on any atom is -0.472 e. The molecule has 0 bridgehead atoms. The molecular weight excluding hydrogens is 456 g/mol. The summed E-state index contributed by atoms with van der Waals surface area (Å²) in [5, 5.41) is 8.32. The molecule has 11 nitrogen and oxygen atoms in total. The molecule has 1 aliphatic heterocycles. The highest BCUT2D eigenvalue weighted by molar-refractivity contribution is 5.92. The minimum atomic E-state index is 0.181. The number of nitrogens with zero attached hydrogens (tertiary/aromatic N) is 6. The van der Waals surface area contributed by atoms with E-state index >= 15 is 0 Å². The molecule has 0 unspecified atom stereocenters. The number of imidazole rings is 1. The highest BCUT2D eigenvalue weighted by Gasteiger charge is 2.25. The van der Waals surface area contributed by atoms with Crippen molar-refractivity contribution in [2.45, 2.75) is 12.5 Å². The van der Waals surface area contributed by atoms with Crippen LogP contribution in [0.25, 0.3) is 39.4 Å². The Kier molecular flexibility index (Phi) is 4.51. The average molecular weight is 479 g/mol. The molecule has 36 heavy (non-hydrogen) atoms. The van der Waals surface area contributed by atoms with Crippen molar-refractivity contribution >= 4 is 22.4 Å². The van der Waals surface area contributed by atoms with Gasteiger partial charge in [0.2, 0.25) is 0 Å². The second-order valence-corrected chi connectivity index (χ2v) is 9.04. The fourth-order valence-corrected chi connectivity index (χ4v) is 4.63. The number of fused-ring (bicyclic) bond motifs is 2. The number of pyridine rings is 1. The van der Waals surface area contributed by atoms with Gasteiger partial charge in [-0.3, -0.25) is 10.1 Å². The van der Waals surface area contributed by atoms with Crippen molar-refractivity contribution in [3.8, 4) is 22.8 Å². The molecule has 6 heterocycles. The van der Waals surface area contributed by atoms with Gasteiger partial charge < -0.3 is 25.8 Å². The van der Waals surface area contributed by atoms with Crippen molar-refractivity contribution < 1.29 is 4.42 Å². The number of nitrogens with two attached hydrogens (primary N) is 2. The molecule has 6 N–H and O–H groups in total. The number of furan rings is 1. The summed E-state index contributed by atoms with van der Waals surface area (Å²) in [6.45, 7) is 1.55. The monoisotopic (exact) mass is 478 g/mol. The van der Waals surface area contributed by atoms with Crippen LogP contribution in [-0.2, 0) is 6.42 Å². The van der Waals surface area contributed by atoms with Gasteiger partial charge in [0.15, 0.2) is 11.5 Å². The number of allylic oxidation sites excluding steroid dienone is 3. The SMILES string of the molecule is NC1=CC=C(c2ccoc2)c2nc(-c3[nH]nc4ncc(-c5cncc(N6CC(N)C6)n5)cc34)[nH]c2C1. The molecular formula is C25H22N10O. The Morgan fingerprint density at radius 3 is 2.83 bits per heavy atom. The van der Waals surface area contributed by atoms with E-state index in [-0.39, 0.29) is 6.04 Å². The highest BCUT2D eigenvalue weighted by Crippen LogP contribution is 2.33. The van der Waals surface area contributed by atoms with E-state index in [0.717, 1.165) is 69.5 Å². The van der Waals surface area contributed by atoms with Crippen LogP contribution in [0.3, 0.4) is 0 Å². The van der Waals surface area contributed by atoms with Crippen molar-refractivity contribution in [3.05, 3.63) is 78.0 Å². The Balaban J connectivity index is 1.29. The molecule has 5 aromatic rings. The molecule has 178 valence electrons. The summed E-state index contributed by atoms with van der Waals surface area (Å²) in [4.78, 5) is 24.2. The van der Waals surface area contributed by atoms with E-state index in [2.05, 4.69) is 30.0 Å². The first-order valence-electron chi connectivity index (χ1n) is 11.6. The number of nitrogens with one attached hydrogen (secondary N) is 2. The van der Waals surface area contributed by atoms with Crippen LogP contribution in [0.15, 0.2) is 65.5 Å². The number of aromatic nitrogens is 7. The summed E-state index contributed by atoms with van der Waals surface area (Å²) in [5.74, 6) is 1.46. The summed E-state index contributed by atoms with van der Waals surface area (Å²) in [7, 11) is 0. The Hall–Kier alpha value is -4.77. The van der Waals surface area contributed by atoms with E-state index in [1.165, 1.54) is 0 Å². The Bertz CT molecular complexity index is 1650. The number of anilines is 1. The number of H-pyrrole nitrogens is 2. The third-order valence-electron chi connectivity index (χ3n) is 6.51. The van der Waals surface area contributed by atoms with Gasteiger partial charge in [-0.05, 0) is 18.2 Å². The van der Waals surface area contributed by atoms with Gasteiger partial charge in [0, 0.05) is 59.8 Å². The zero-order valence-corrected chi connectivity index (χ0v) is 19.1. The maximum Gasteiger partial charge on any atom is 0.181 e. The summed E-state index contributed by atoms with van der Waals surface area (Å²) in [5.41, 5.74) is 19.4. The third kappa shape index (κ3) is 3.36. The Morgan fingerprint density at radius 1 is 1.08 bits per heavy atom. The van der Waals surface area contributed by atoms with E-state index in [1.807, 2.05) is 24.3 Å². The molecule has 0 atom stereocenters. The molecule has 0 saturated carbocycles. The second-order valence-electron chi connectivity index (χ2n) is 9.04. The van der Waals surface area contributed by atoms with Gasteiger partial charge in [0.05, 0.1) is 41.7 Å². The second kappa shape index (κ2) is 7.89. The average Bonchev–Trinajstić information content (AvgIpc) is 3.61. The summed E-state index contributed by atoms with van der Waals surface area (Å²) >= 11 is 0. The van der Waals surface area contributed by atoms with Crippen LogP contribution in [-0.4, -0.2) is 54.2 Å². The van der Waals surface area contributed by atoms with Crippen molar-refractivity contribution in [2.24, 2.45) is 11.5 Å². The van der Waals surface area contributed by atoms with Gasteiger partial charge in [-0.1, -0.05) is 6.08 Å². The van der Waals surface area contributed by atoms with Crippen LogP contribution in [0, 0.1) is 0 Å². The van der Waals surface area contributed by atoms with E-state index in [9.17, 15) is 0 Å². The first kappa shape index (κ1) is 20.6. The molecule has 1 fully saturated rings. The predicted molar refractivity (Wildman–Crippen MR) is 134 cm³/mol. The minimum absolute atomic E-state index is 0.181. The molecule has 11 heteroatoms. The van der Waals surface area contributed by atoms with E-state index in [4.69, 9.17) is 25.9 Å². The van der Waals surface area contributed by atoms with Crippen molar-refractivity contribution in [3.63, 3.8) is 0 Å². The number of aromatic amines is 2. The lowest BCUT2D eigenvalue weighted by atomic mass is 10.0. The quantitative estimate of drug-likeness (QED) is 0.303. The Morgan fingerprint density at radius 2 is 2.00 bits per heavy atom. The van der Waals surface area contributed by atoms with Crippen molar-refractivity contribution in [2.75, 3.05) is 18.0 Å². The van der Waals surface area contributed by atoms with Crippen LogP contribution in [0.5, 0.6) is 0 Å². The molecule has 1 aliphatic carbocycles. The molecule has 0 radical (unpaired) electrons. The Labute approximate surface area is 205 Å². The lowest BCUT2D eigenvalue weighted by molar-refractivity contribution is 0.514. The van der Waals surface area contributed by atoms with Gasteiger partial charge in [-0.15, -0.1) is 0 Å². The lowest BCUT2D eigenvalue weighted by Crippen LogP contribution is -2.56. The van der Waals surface area contributed by atoms with Crippen LogP contribution < -0.4 is 16.4 Å². The highest BCUT2D eigenvalue weighted by atomic mass is 16.3. The largest absolute Gasteiger partial charge is 0.472 e. The van der Waals surface area contributed by atoms with Gasteiger partial charge in [-0.2, -0.15) is 5.10 Å². The normalized spacial score (nSPS) is 15.9. The smallest absolute Gasteiger partial charge is 0.181 e. The zero-order valence-electron chi connectivity index (χ0n) is 19.1. The fourth-order valence-electron chi connectivity index (χ4n) is 4.63. The van der Waals surface area contributed by atoms with Crippen LogP contribution in [0.4, 0.5) is 5.82 Å². The maximum atomic E-state index is 6.22. The topological polar surface area (TPSA) is 164 Å². The van der Waals surface area contributed by atoms with Gasteiger partial charge in [0.1, 0.15) is 11.5 Å². The standard InChI is InChI=1S/C25H22N10O/c26-15-1-2-17(13-3-4-36-12-13)22-19(6-15)31-25(32-22)23-18-5-14(7-29-24(18)34-33-23)20-8-28-9-21(30-20)35-10-16(27)11-35/h1-5,7-9,12,16H,6,10-11,26-27H2,(H,31,32)(H,29,33,34). The van der Waals surface area contributed by atoms with Crippen LogP contribution >= 0.6 is 0 Å². The van der Waals surface area contributed by atoms with Crippen LogP contribution in [0.1, 0.15) is 17.0 Å². The van der Waals surface area contributed by atoms with E-state index in [1.54, 1.807) is 31.1 Å². The maximum absolute atomic E-state index is 6.22. The fraction of sp³-hybridized carbons (Fsp3) is 0.160. The van der Waals surface area contributed by atoms with E-state index < -0.39 is 0 Å². The number of hydrogen-bond acceptors (Lipinski definition) is 9. The summed E-state index contributed by atoms with van der Waals surface area (Å²) < 4.78 is 5.31. The van der Waals surface area contributed by atoms with Crippen molar-refractivity contribution in [1.29, 1.82) is 0 Å². The summed E-state index contributed by atoms with van der Waals surface area (Å²) in [6.07, 6.45) is 13.0. The third-order valence-corrected chi connectivity index (χ3v) is 6.51. The number of rotatable bonds is 4. The van der Waals surface area contributed by atoms with Gasteiger partial charge >= 0.3 is 0 Å². The summed E-state index contributed by atoms with van der Waals surface area (Å²) in [6, 6.07) is 4.09. The lowest BCUT2D eigenvalue weighted by Gasteiger charge is -2.37. The first-order valence-corrected chi connectivity index (χ1v) is 11.6. The molecule has 0 spiro atoms. The van der Waals surface area contributed by atoms with Gasteiger partial charge in [-0.25, -0.2) is 15.0 Å². The molecule has 0 amide bonds. The van der Waals surface area contributed by atoms with Gasteiger partial charge in [0.25, 0.3) is 0 Å². The number of hydrogen-bond donors (Lipinski definition) is 4.